The number of hydrogen-bond acceptors (Lipinski definition) is 5. The number of benzene rings is 1. The average molecular weight is 476 g/mol. The second-order valence-electron chi connectivity index (χ2n) is 9.26. The van der Waals surface area contributed by atoms with Crippen LogP contribution >= 0.6 is 11.6 Å². The van der Waals surface area contributed by atoms with Crippen LogP contribution in [0.4, 0.5) is 11.4 Å². The van der Waals surface area contributed by atoms with E-state index in [2.05, 4.69) is 14.9 Å². The number of halogens is 1. The van der Waals surface area contributed by atoms with Crippen molar-refractivity contribution in [2.75, 3.05) is 36.0 Å². The number of pyridine rings is 2. The van der Waals surface area contributed by atoms with Gasteiger partial charge in [-0.05, 0) is 62.2 Å². The summed E-state index contributed by atoms with van der Waals surface area (Å²) in [6.45, 7) is 8.54. The SMILES string of the molecule is Cc1ccncc1C(=O)N1CCN(c2cncc(N3C(=O)c4ccc(Cl)cc4C3(C)C)c2)CC1. The summed E-state index contributed by atoms with van der Waals surface area (Å²) in [5.41, 5.74) is 4.27. The molecule has 2 amide bonds. The van der Waals surface area contributed by atoms with Gasteiger partial charge in [0, 0.05) is 49.2 Å². The van der Waals surface area contributed by atoms with Gasteiger partial charge in [0.2, 0.25) is 0 Å². The fraction of sp³-hybridized carbons (Fsp3) is 0.308. The van der Waals surface area contributed by atoms with E-state index in [1.165, 1.54) is 0 Å². The van der Waals surface area contributed by atoms with Crippen molar-refractivity contribution < 1.29 is 9.59 Å². The van der Waals surface area contributed by atoms with Crippen molar-refractivity contribution in [3.05, 3.63) is 82.4 Å². The van der Waals surface area contributed by atoms with E-state index in [1.54, 1.807) is 35.6 Å². The zero-order valence-corrected chi connectivity index (χ0v) is 20.2. The molecular weight excluding hydrogens is 450 g/mol. The highest BCUT2D eigenvalue weighted by Crippen LogP contribution is 2.43. The Hall–Kier alpha value is -3.45. The molecular formula is C26H26ClN5O2. The van der Waals surface area contributed by atoms with Crippen LogP contribution in [0.2, 0.25) is 5.02 Å². The zero-order chi connectivity index (χ0) is 24.0. The Morgan fingerprint density at radius 1 is 0.971 bits per heavy atom. The lowest BCUT2D eigenvalue weighted by atomic mass is 9.93. The summed E-state index contributed by atoms with van der Waals surface area (Å²) in [6.07, 6.45) is 6.87. The summed E-state index contributed by atoms with van der Waals surface area (Å²) in [5.74, 6) is -0.0455. The third kappa shape index (κ3) is 3.70. The minimum Gasteiger partial charge on any atom is -0.367 e. The molecule has 3 aromatic rings. The summed E-state index contributed by atoms with van der Waals surface area (Å²) in [4.78, 5) is 40.6. The Labute approximate surface area is 204 Å². The van der Waals surface area contributed by atoms with Gasteiger partial charge in [-0.15, -0.1) is 0 Å². The number of carbonyl (C=O) groups is 2. The molecule has 34 heavy (non-hydrogen) atoms. The molecule has 1 aromatic carbocycles. The Bertz CT molecular complexity index is 1280. The quantitative estimate of drug-likeness (QED) is 0.565. The standard InChI is InChI=1S/C26H26ClN5O2/c1-17-6-7-28-16-22(17)24(33)31-10-8-30(9-11-31)19-13-20(15-29-14-19)32-25(34)21-5-4-18(27)12-23(21)26(32,2)3/h4-7,12-16H,8-11H2,1-3H3. The first-order valence-corrected chi connectivity index (χ1v) is 11.7. The fourth-order valence-corrected chi connectivity index (χ4v) is 5.05. The van der Waals surface area contributed by atoms with Gasteiger partial charge in [0.1, 0.15) is 0 Å². The van der Waals surface area contributed by atoms with Gasteiger partial charge in [0.15, 0.2) is 0 Å². The first kappa shape index (κ1) is 22.3. The molecule has 1 saturated heterocycles. The number of hydrogen-bond donors (Lipinski definition) is 0. The van der Waals surface area contributed by atoms with Gasteiger partial charge in [-0.25, -0.2) is 0 Å². The Morgan fingerprint density at radius 3 is 2.44 bits per heavy atom. The maximum atomic E-state index is 13.3. The molecule has 174 valence electrons. The number of amides is 2. The van der Waals surface area contributed by atoms with Crippen LogP contribution < -0.4 is 9.80 Å². The van der Waals surface area contributed by atoms with Gasteiger partial charge in [0.25, 0.3) is 11.8 Å². The highest BCUT2D eigenvalue weighted by atomic mass is 35.5. The van der Waals surface area contributed by atoms with Crippen molar-refractivity contribution >= 4 is 34.8 Å². The maximum absolute atomic E-state index is 13.3. The van der Waals surface area contributed by atoms with Crippen molar-refractivity contribution in [3.8, 4) is 0 Å². The van der Waals surface area contributed by atoms with Crippen LogP contribution in [-0.2, 0) is 5.54 Å². The van der Waals surface area contributed by atoms with Gasteiger partial charge in [0.05, 0.1) is 34.9 Å². The molecule has 0 N–H and O–H groups in total. The minimum atomic E-state index is -0.551. The van der Waals surface area contributed by atoms with Crippen LogP contribution in [0.5, 0.6) is 0 Å². The third-order valence-electron chi connectivity index (χ3n) is 6.80. The molecule has 0 unspecified atom stereocenters. The topological polar surface area (TPSA) is 69.6 Å². The van der Waals surface area contributed by atoms with E-state index in [-0.39, 0.29) is 11.8 Å². The van der Waals surface area contributed by atoms with E-state index in [9.17, 15) is 9.59 Å². The van der Waals surface area contributed by atoms with Crippen LogP contribution in [0.15, 0.2) is 55.1 Å². The number of aryl methyl sites for hydroxylation is 1. The first-order valence-electron chi connectivity index (χ1n) is 11.3. The molecule has 0 atom stereocenters. The first-order chi connectivity index (χ1) is 16.3. The molecule has 2 aliphatic rings. The molecule has 0 aliphatic carbocycles. The van der Waals surface area contributed by atoms with Gasteiger partial charge in [-0.1, -0.05) is 11.6 Å². The monoisotopic (exact) mass is 475 g/mol. The lowest BCUT2D eigenvalue weighted by Gasteiger charge is -2.37. The number of aromatic nitrogens is 2. The molecule has 4 heterocycles. The highest BCUT2D eigenvalue weighted by Gasteiger charge is 2.44. The number of carbonyl (C=O) groups excluding carboxylic acids is 2. The summed E-state index contributed by atoms with van der Waals surface area (Å²) in [6, 6.07) is 9.27. The molecule has 2 aromatic heterocycles. The van der Waals surface area contributed by atoms with E-state index in [4.69, 9.17) is 11.6 Å². The number of rotatable bonds is 3. The number of fused-ring (bicyclic) bond motifs is 1. The number of nitrogens with zero attached hydrogens (tertiary/aromatic N) is 5. The van der Waals surface area contributed by atoms with Crippen molar-refractivity contribution in [1.29, 1.82) is 0 Å². The predicted molar refractivity (Wildman–Crippen MR) is 133 cm³/mol. The number of piperazine rings is 1. The van der Waals surface area contributed by atoms with E-state index in [0.29, 0.717) is 42.3 Å². The number of anilines is 2. The maximum Gasteiger partial charge on any atom is 0.259 e. The van der Waals surface area contributed by atoms with Crippen LogP contribution in [0.3, 0.4) is 0 Å². The normalized spacial score (nSPS) is 17.2. The lowest BCUT2D eigenvalue weighted by molar-refractivity contribution is 0.0745. The van der Waals surface area contributed by atoms with Crippen LogP contribution in [-0.4, -0.2) is 52.9 Å². The van der Waals surface area contributed by atoms with Crippen LogP contribution in [0.25, 0.3) is 0 Å². The van der Waals surface area contributed by atoms with E-state index >= 15 is 0 Å². The molecule has 0 radical (unpaired) electrons. The van der Waals surface area contributed by atoms with Crippen molar-refractivity contribution in [1.82, 2.24) is 14.9 Å². The second kappa shape index (κ2) is 8.40. The minimum absolute atomic E-state index is 0.0120. The second-order valence-corrected chi connectivity index (χ2v) is 9.70. The predicted octanol–water partition coefficient (Wildman–Crippen LogP) is 4.30. The molecule has 0 bridgehead atoms. The summed E-state index contributed by atoms with van der Waals surface area (Å²) in [7, 11) is 0. The summed E-state index contributed by atoms with van der Waals surface area (Å²) >= 11 is 6.22. The van der Waals surface area contributed by atoms with Gasteiger partial charge in [-0.2, -0.15) is 0 Å². The third-order valence-corrected chi connectivity index (χ3v) is 7.04. The Kier molecular flexibility index (Phi) is 5.52. The van der Waals surface area contributed by atoms with E-state index in [0.717, 1.165) is 22.5 Å². The Morgan fingerprint density at radius 2 is 1.71 bits per heavy atom. The molecule has 0 spiro atoms. The van der Waals surface area contributed by atoms with Crippen LogP contribution in [0.1, 0.15) is 45.7 Å². The molecule has 8 heteroatoms. The molecule has 1 fully saturated rings. The van der Waals surface area contributed by atoms with Crippen LogP contribution in [0, 0.1) is 6.92 Å². The largest absolute Gasteiger partial charge is 0.367 e. The van der Waals surface area contributed by atoms with Gasteiger partial charge >= 0.3 is 0 Å². The smallest absolute Gasteiger partial charge is 0.259 e. The molecule has 2 aliphatic heterocycles. The highest BCUT2D eigenvalue weighted by molar-refractivity contribution is 6.31. The van der Waals surface area contributed by atoms with Gasteiger partial charge in [-0.3, -0.25) is 24.5 Å². The molecule has 0 saturated carbocycles. The zero-order valence-electron chi connectivity index (χ0n) is 19.5. The molecule has 7 nitrogen and oxygen atoms in total. The van der Waals surface area contributed by atoms with E-state index < -0.39 is 5.54 Å². The lowest BCUT2D eigenvalue weighted by Crippen LogP contribution is -2.49. The summed E-state index contributed by atoms with van der Waals surface area (Å²) < 4.78 is 0. The molecule has 5 rings (SSSR count). The van der Waals surface area contributed by atoms with Crippen molar-refractivity contribution in [2.24, 2.45) is 0 Å². The van der Waals surface area contributed by atoms with Crippen molar-refractivity contribution in [2.45, 2.75) is 26.3 Å². The van der Waals surface area contributed by atoms with E-state index in [1.807, 2.05) is 50.1 Å². The van der Waals surface area contributed by atoms with Gasteiger partial charge < -0.3 is 9.80 Å². The fourth-order valence-electron chi connectivity index (χ4n) is 4.88. The summed E-state index contributed by atoms with van der Waals surface area (Å²) in [5, 5.41) is 0.613. The van der Waals surface area contributed by atoms with Crippen molar-refractivity contribution in [3.63, 3.8) is 0 Å². The Balaban J connectivity index is 1.34. The average Bonchev–Trinajstić information content (AvgIpc) is 3.03.